The number of methoxy groups -OCH3 is 2. The fourth-order valence-electron chi connectivity index (χ4n) is 1.89. The van der Waals surface area contributed by atoms with Crippen molar-refractivity contribution in [1.29, 1.82) is 5.26 Å². The molecule has 0 radical (unpaired) electrons. The number of ether oxygens (including phenoxy) is 2. The van der Waals surface area contributed by atoms with Gasteiger partial charge in [0.05, 0.1) is 32.6 Å². The van der Waals surface area contributed by atoms with E-state index >= 15 is 0 Å². The molecular formula is C13H14N4O3. The second kappa shape index (κ2) is 6.04. The van der Waals surface area contributed by atoms with E-state index in [1.807, 2.05) is 6.07 Å². The average molecular weight is 274 g/mol. The zero-order valence-electron chi connectivity index (χ0n) is 11.2. The van der Waals surface area contributed by atoms with Gasteiger partial charge in [-0.15, -0.1) is 5.10 Å². The molecule has 1 aromatic heterocycles. The van der Waals surface area contributed by atoms with E-state index < -0.39 is 0 Å². The van der Waals surface area contributed by atoms with Gasteiger partial charge in [0.1, 0.15) is 23.7 Å². The van der Waals surface area contributed by atoms with Crippen molar-refractivity contribution in [2.24, 2.45) is 0 Å². The Morgan fingerprint density at radius 3 is 2.40 bits per heavy atom. The van der Waals surface area contributed by atoms with Gasteiger partial charge in [0, 0.05) is 11.6 Å². The number of benzene rings is 1. The number of aliphatic hydroxyl groups is 1. The summed E-state index contributed by atoms with van der Waals surface area (Å²) in [6.45, 7) is -0.220. The van der Waals surface area contributed by atoms with Crippen LogP contribution >= 0.6 is 0 Å². The van der Waals surface area contributed by atoms with E-state index in [0.717, 1.165) is 0 Å². The van der Waals surface area contributed by atoms with Crippen molar-refractivity contribution in [3.8, 4) is 28.8 Å². The van der Waals surface area contributed by atoms with Gasteiger partial charge in [-0.3, -0.25) is 0 Å². The second-order valence-corrected chi connectivity index (χ2v) is 3.96. The van der Waals surface area contributed by atoms with E-state index in [-0.39, 0.29) is 13.2 Å². The predicted octanol–water partition coefficient (Wildman–Crippen LogP) is 0.978. The minimum atomic E-state index is -0.264. The Kier molecular flexibility index (Phi) is 4.17. The predicted molar refractivity (Wildman–Crippen MR) is 70.1 cm³/mol. The molecule has 0 aliphatic carbocycles. The lowest BCUT2D eigenvalue weighted by molar-refractivity contribution is 0.277. The molecule has 20 heavy (non-hydrogen) atoms. The molecule has 0 amide bonds. The molecule has 7 heteroatoms. The van der Waals surface area contributed by atoms with Crippen LogP contribution in [0.1, 0.15) is 5.69 Å². The lowest BCUT2D eigenvalue weighted by Crippen LogP contribution is -2.02. The van der Waals surface area contributed by atoms with E-state index in [4.69, 9.17) is 14.7 Å². The number of rotatable bonds is 5. The third-order valence-electron chi connectivity index (χ3n) is 2.80. The Morgan fingerprint density at radius 1 is 1.25 bits per heavy atom. The van der Waals surface area contributed by atoms with Crippen LogP contribution in [0.2, 0.25) is 0 Å². The van der Waals surface area contributed by atoms with Crippen LogP contribution in [0.15, 0.2) is 18.2 Å². The van der Waals surface area contributed by atoms with E-state index in [2.05, 4.69) is 10.3 Å². The summed E-state index contributed by atoms with van der Waals surface area (Å²) < 4.78 is 11.9. The molecule has 0 aliphatic heterocycles. The maximum Gasteiger partial charge on any atom is 0.130 e. The monoisotopic (exact) mass is 274 g/mol. The Balaban J connectivity index is 2.60. The van der Waals surface area contributed by atoms with Crippen molar-refractivity contribution in [1.82, 2.24) is 15.0 Å². The van der Waals surface area contributed by atoms with Crippen molar-refractivity contribution in [3.63, 3.8) is 0 Å². The highest BCUT2D eigenvalue weighted by Gasteiger charge is 2.16. The fourth-order valence-corrected chi connectivity index (χ4v) is 1.89. The molecule has 2 aromatic rings. The second-order valence-electron chi connectivity index (χ2n) is 3.96. The molecule has 1 aromatic carbocycles. The molecule has 104 valence electrons. The Morgan fingerprint density at radius 2 is 1.90 bits per heavy atom. The smallest absolute Gasteiger partial charge is 0.130 e. The number of aromatic nitrogens is 3. The number of nitrogens with zero attached hydrogens (tertiary/aromatic N) is 4. The maximum atomic E-state index is 9.35. The van der Waals surface area contributed by atoms with Gasteiger partial charge in [-0.25, -0.2) is 4.68 Å². The molecule has 2 rings (SSSR count). The van der Waals surface area contributed by atoms with Crippen LogP contribution in [-0.2, 0) is 13.2 Å². The molecule has 0 saturated heterocycles. The van der Waals surface area contributed by atoms with Crippen molar-refractivity contribution in [3.05, 3.63) is 23.9 Å². The lowest BCUT2D eigenvalue weighted by Gasteiger charge is -2.09. The summed E-state index contributed by atoms with van der Waals surface area (Å²) >= 11 is 0. The quantitative estimate of drug-likeness (QED) is 0.873. The van der Waals surface area contributed by atoms with Gasteiger partial charge in [-0.2, -0.15) is 5.26 Å². The van der Waals surface area contributed by atoms with E-state index in [1.165, 1.54) is 4.68 Å². The number of nitriles is 1. The Bertz CT molecular complexity index is 623. The van der Waals surface area contributed by atoms with Crippen molar-refractivity contribution in [2.45, 2.75) is 13.2 Å². The molecule has 0 aliphatic rings. The number of hydrogen-bond donors (Lipinski definition) is 1. The summed E-state index contributed by atoms with van der Waals surface area (Å²) in [6, 6.07) is 7.29. The first-order valence-electron chi connectivity index (χ1n) is 5.87. The standard InChI is InChI=1S/C13H14N4O3/c1-19-10-5-9(6-11(7-10)20-2)13-12(8-18)15-16-17(13)4-3-14/h5-7,18H,4,8H2,1-2H3. The summed E-state index contributed by atoms with van der Waals surface area (Å²) in [5.41, 5.74) is 1.69. The van der Waals surface area contributed by atoms with Gasteiger partial charge in [0.15, 0.2) is 0 Å². The van der Waals surface area contributed by atoms with Crippen LogP contribution in [0.25, 0.3) is 11.3 Å². The highest BCUT2D eigenvalue weighted by atomic mass is 16.5. The summed E-state index contributed by atoms with van der Waals surface area (Å²) in [5.74, 6) is 1.21. The van der Waals surface area contributed by atoms with Crippen LogP contribution in [0.4, 0.5) is 0 Å². The third-order valence-corrected chi connectivity index (χ3v) is 2.80. The van der Waals surface area contributed by atoms with Gasteiger partial charge >= 0.3 is 0 Å². The summed E-state index contributed by atoms with van der Waals surface area (Å²) in [7, 11) is 3.10. The average Bonchev–Trinajstić information content (AvgIpc) is 2.89. The molecule has 7 nitrogen and oxygen atoms in total. The molecule has 0 fully saturated rings. The number of aliphatic hydroxyl groups excluding tert-OH is 1. The van der Waals surface area contributed by atoms with Gasteiger partial charge < -0.3 is 14.6 Å². The van der Waals surface area contributed by atoms with E-state index in [9.17, 15) is 5.11 Å². The zero-order valence-corrected chi connectivity index (χ0v) is 11.2. The van der Waals surface area contributed by atoms with Crippen LogP contribution in [0.5, 0.6) is 11.5 Å². The molecule has 0 unspecified atom stereocenters. The van der Waals surface area contributed by atoms with Gasteiger partial charge in [0.25, 0.3) is 0 Å². The van der Waals surface area contributed by atoms with Crippen LogP contribution < -0.4 is 9.47 Å². The summed E-state index contributed by atoms with van der Waals surface area (Å²) in [5, 5.41) is 25.9. The zero-order chi connectivity index (χ0) is 14.5. The third kappa shape index (κ3) is 2.55. The maximum absolute atomic E-state index is 9.35. The minimum absolute atomic E-state index is 0.0435. The molecule has 0 spiro atoms. The van der Waals surface area contributed by atoms with Crippen molar-refractivity contribution >= 4 is 0 Å². The van der Waals surface area contributed by atoms with Crippen molar-refractivity contribution in [2.75, 3.05) is 14.2 Å². The molecule has 1 N–H and O–H groups in total. The highest BCUT2D eigenvalue weighted by Crippen LogP contribution is 2.31. The van der Waals surface area contributed by atoms with Gasteiger partial charge in [-0.05, 0) is 12.1 Å². The molecular weight excluding hydrogens is 260 g/mol. The molecule has 0 bridgehead atoms. The highest BCUT2D eigenvalue weighted by molar-refractivity contribution is 5.66. The number of hydrogen-bond acceptors (Lipinski definition) is 6. The SMILES string of the molecule is COc1cc(OC)cc(-c2c(CO)nnn2CC#N)c1. The first-order valence-corrected chi connectivity index (χ1v) is 5.87. The van der Waals surface area contributed by atoms with Crippen LogP contribution in [0.3, 0.4) is 0 Å². The largest absolute Gasteiger partial charge is 0.497 e. The summed E-state index contributed by atoms with van der Waals surface area (Å²) in [6.07, 6.45) is 0. The van der Waals surface area contributed by atoms with Crippen LogP contribution in [0, 0.1) is 11.3 Å². The fraction of sp³-hybridized carbons (Fsp3) is 0.308. The first-order chi connectivity index (χ1) is 9.73. The molecule has 0 atom stereocenters. The van der Waals surface area contributed by atoms with Crippen LogP contribution in [-0.4, -0.2) is 34.3 Å². The minimum Gasteiger partial charge on any atom is -0.497 e. The first kappa shape index (κ1) is 13.8. The topological polar surface area (TPSA) is 93.2 Å². The van der Waals surface area contributed by atoms with Gasteiger partial charge in [0.2, 0.25) is 0 Å². The van der Waals surface area contributed by atoms with Crippen molar-refractivity contribution < 1.29 is 14.6 Å². The lowest BCUT2D eigenvalue weighted by atomic mass is 10.1. The van der Waals surface area contributed by atoms with Gasteiger partial charge in [-0.1, -0.05) is 5.21 Å². The van der Waals surface area contributed by atoms with E-state index in [0.29, 0.717) is 28.5 Å². The van der Waals surface area contributed by atoms with E-state index in [1.54, 1.807) is 32.4 Å². The normalized spacial score (nSPS) is 10.1. The summed E-state index contributed by atoms with van der Waals surface area (Å²) in [4.78, 5) is 0. The Hall–Kier alpha value is -2.59. The Labute approximate surface area is 116 Å². The molecule has 1 heterocycles. The molecule has 0 saturated carbocycles.